The van der Waals surface area contributed by atoms with Crippen LogP contribution in [0.3, 0.4) is 0 Å². The highest BCUT2D eigenvalue weighted by atomic mass is 16.6. The van der Waals surface area contributed by atoms with E-state index in [4.69, 9.17) is 4.74 Å². The van der Waals surface area contributed by atoms with E-state index < -0.39 is 17.6 Å². The van der Waals surface area contributed by atoms with E-state index in [9.17, 15) is 14.4 Å². The van der Waals surface area contributed by atoms with Gasteiger partial charge in [0.1, 0.15) is 17.7 Å². The summed E-state index contributed by atoms with van der Waals surface area (Å²) in [5.41, 5.74) is -0.544. The average molecular weight is 241 g/mol. The summed E-state index contributed by atoms with van der Waals surface area (Å²) in [4.78, 5) is 35.4. The molecule has 1 atom stereocenters. The molecule has 1 heterocycles. The Bertz CT molecular complexity index is 319. The van der Waals surface area contributed by atoms with Gasteiger partial charge in [-0.3, -0.25) is 4.79 Å². The van der Waals surface area contributed by atoms with E-state index in [2.05, 4.69) is 0 Å². The summed E-state index contributed by atoms with van der Waals surface area (Å²) in [6, 6.07) is 0. The molecule has 0 radical (unpaired) electrons. The number of likely N-dealkylation sites (tertiary alicyclic amines) is 1. The van der Waals surface area contributed by atoms with Crippen molar-refractivity contribution in [2.24, 2.45) is 5.92 Å². The Labute approximate surface area is 101 Å². The number of rotatable bonds is 1. The number of ketones is 1. The van der Waals surface area contributed by atoms with Gasteiger partial charge in [0, 0.05) is 19.5 Å². The van der Waals surface area contributed by atoms with E-state index in [-0.39, 0.29) is 12.2 Å². The number of carbonyl (C=O) groups is 3. The molecule has 96 valence electrons. The van der Waals surface area contributed by atoms with Gasteiger partial charge >= 0.3 is 6.09 Å². The molecule has 1 unspecified atom stereocenters. The van der Waals surface area contributed by atoms with Crippen molar-refractivity contribution in [3.05, 3.63) is 0 Å². The summed E-state index contributed by atoms with van der Waals surface area (Å²) in [5.74, 6) is -0.659. The van der Waals surface area contributed by atoms with E-state index in [1.54, 1.807) is 20.8 Å². The molecule has 0 aromatic rings. The first kappa shape index (κ1) is 13.7. The van der Waals surface area contributed by atoms with Crippen LogP contribution in [0.25, 0.3) is 0 Å². The van der Waals surface area contributed by atoms with Crippen LogP contribution in [0.1, 0.15) is 33.6 Å². The Balaban J connectivity index is 2.59. The van der Waals surface area contributed by atoms with Crippen molar-refractivity contribution < 1.29 is 19.1 Å². The van der Waals surface area contributed by atoms with Crippen molar-refractivity contribution >= 4 is 18.2 Å². The van der Waals surface area contributed by atoms with Crippen molar-refractivity contribution in [3.63, 3.8) is 0 Å². The van der Waals surface area contributed by atoms with Gasteiger partial charge in [-0.05, 0) is 27.2 Å². The second-order valence-electron chi connectivity index (χ2n) is 5.21. The van der Waals surface area contributed by atoms with Crippen LogP contribution in [0.5, 0.6) is 0 Å². The lowest BCUT2D eigenvalue weighted by Gasteiger charge is -2.26. The predicted octanol–water partition coefficient (Wildman–Crippen LogP) is 1.40. The standard InChI is InChI=1S/C12H19NO4/c1-12(2,3)17-11(16)13-6-4-9(8-14)10(15)5-7-13/h8-9H,4-7H2,1-3H3. The van der Waals surface area contributed by atoms with Crippen LogP contribution in [0.4, 0.5) is 4.79 Å². The third-order valence-electron chi connectivity index (χ3n) is 2.57. The fourth-order valence-electron chi connectivity index (χ4n) is 1.65. The predicted molar refractivity (Wildman–Crippen MR) is 61.6 cm³/mol. The summed E-state index contributed by atoms with van der Waals surface area (Å²) >= 11 is 0. The lowest BCUT2D eigenvalue weighted by Crippen LogP contribution is -2.37. The maximum atomic E-state index is 11.8. The normalized spacial score (nSPS) is 21.9. The Hall–Kier alpha value is -1.39. The SMILES string of the molecule is CC(C)(C)OC(=O)N1CCC(=O)C(C=O)CC1. The van der Waals surface area contributed by atoms with Gasteiger partial charge in [-0.25, -0.2) is 4.79 Å². The van der Waals surface area contributed by atoms with E-state index in [1.807, 2.05) is 0 Å². The van der Waals surface area contributed by atoms with Gasteiger partial charge in [-0.15, -0.1) is 0 Å². The highest BCUT2D eigenvalue weighted by Crippen LogP contribution is 2.16. The number of amides is 1. The number of aldehydes is 1. The van der Waals surface area contributed by atoms with E-state index >= 15 is 0 Å². The van der Waals surface area contributed by atoms with Gasteiger partial charge in [0.05, 0.1) is 5.92 Å². The second-order valence-corrected chi connectivity index (χ2v) is 5.21. The number of ether oxygens (including phenoxy) is 1. The highest BCUT2D eigenvalue weighted by molar-refractivity contribution is 5.93. The lowest BCUT2D eigenvalue weighted by atomic mass is 10.0. The second kappa shape index (κ2) is 5.29. The molecule has 1 fully saturated rings. The summed E-state index contributed by atoms with van der Waals surface area (Å²) in [6.07, 6.45) is 0.863. The highest BCUT2D eigenvalue weighted by Gasteiger charge is 2.28. The Morgan fingerprint density at radius 2 is 2.06 bits per heavy atom. The largest absolute Gasteiger partial charge is 0.444 e. The number of hydrogen-bond donors (Lipinski definition) is 0. The minimum atomic E-state index is -0.567. The summed E-state index contributed by atoms with van der Waals surface area (Å²) in [6.45, 7) is 6.11. The number of Topliss-reactive ketones (excluding diaryl/α,β-unsaturated/α-hetero) is 1. The molecule has 5 heteroatoms. The third-order valence-corrected chi connectivity index (χ3v) is 2.57. The lowest BCUT2D eigenvalue weighted by molar-refractivity contribution is -0.126. The Kier molecular flexibility index (Phi) is 4.26. The van der Waals surface area contributed by atoms with Crippen LogP contribution < -0.4 is 0 Å². The minimum Gasteiger partial charge on any atom is -0.444 e. The molecule has 17 heavy (non-hydrogen) atoms. The minimum absolute atomic E-state index is 0.0916. The topological polar surface area (TPSA) is 63.7 Å². The molecule has 0 aliphatic carbocycles. The van der Waals surface area contributed by atoms with Crippen molar-refractivity contribution in [2.75, 3.05) is 13.1 Å². The van der Waals surface area contributed by atoms with Gasteiger partial charge in [-0.2, -0.15) is 0 Å². The van der Waals surface area contributed by atoms with E-state index in [0.29, 0.717) is 25.8 Å². The van der Waals surface area contributed by atoms with Gasteiger partial charge in [0.15, 0.2) is 0 Å². The molecule has 0 saturated carbocycles. The molecule has 1 amide bonds. The molecule has 0 bridgehead atoms. The van der Waals surface area contributed by atoms with Crippen LogP contribution in [-0.4, -0.2) is 41.8 Å². The molecule has 0 aromatic heterocycles. The third kappa shape index (κ3) is 4.17. The van der Waals surface area contributed by atoms with Gasteiger partial charge < -0.3 is 14.4 Å². The van der Waals surface area contributed by atoms with Crippen LogP contribution in [-0.2, 0) is 14.3 Å². The molecule has 0 spiro atoms. The van der Waals surface area contributed by atoms with E-state index in [0.717, 1.165) is 0 Å². The molecule has 0 aromatic carbocycles. The number of nitrogens with zero attached hydrogens (tertiary/aromatic N) is 1. The molecular formula is C12H19NO4. The fraction of sp³-hybridized carbons (Fsp3) is 0.750. The Morgan fingerprint density at radius 3 is 2.59 bits per heavy atom. The van der Waals surface area contributed by atoms with Crippen molar-refractivity contribution in [2.45, 2.75) is 39.2 Å². The first-order valence-corrected chi connectivity index (χ1v) is 5.79. The smallest absolute Gasteiger partial charge is 0.410 e. The summed E-state index contributed by atoms with van der Waals surface area (Å²) in [5, 5.41) is 0. The number of hydrogen-bond acceptors (Lipinski definition) is 4. The van der Waals surface area contributed by atoms with Crippen LogP contribution in [0, 0.1) is 5.92 Å². The maximum absolute atomic E-state index is 11.8. The zero-order valence-electron chi connectivity index (χ0n) is 10.6. The van der Waals surface area contributed by atoms with Crippen molar-refractivity contribution in [1.82, 2.24) is 4.90 Å². The number of carbonyl (C=O) groups excluding carboxylic acids is 3. The van der Waals surface area contributed by atoms with Gasteiger partial charge in [-0.1, -0.05) is 0 Å². The first-order valence-electron chi connectivity index (χ1n) is 5.79. The molecule has 0 N–H and O–H groups in total. The Morgan fingerprint density at radius 1 is 1.41 bits per heavy atom. The molecule has 1 saturated heterocycles. The zero-order chi connectivity index (χ0) is 13.1. The van der Waals surface area contributed by atoms with Crippen molar-refractivity contribution in [1.29, 1.82) is 0 Å². The molecular weight excluding hydrogens is 222 g/mol. The van der Waals surface area contributed by atoms with Crippen LogP contribution in [0.2, 0.25) is 0 Å². The molecule has 1 aliphatic rings. The first-order chi connectivity index (χ1) is 7.83. The van der Waals surface area contributed by atoms with Gasteiger partial charge in [0.25, 0.3) is 0 Å². The van der Waals surface area contributed by atoms with Crippen LogP contribution >= 0.6 is 0 Å². The monoisotopic (exact) mass is 241 g/mol. The molecule has 1 aliphatic heterocycles. The van der Waals surface area contributed by atoms with Gasteiger partial charge in [0.2, 0.25) is 0 Å². The van der Waals surface area contributed by atoms with Crippen LogP contribution in [0.15, 0.2) is 0 Å². The van der Waals surface area contributed by atoms with E-state index in [1.165, 1.54) is 4.90 Å². The molecule has 5 nitrogen and oxygen atoms in total. The average Bonchev–Trinajstić information content (AvgIpc) is 2.37. The fourth-order valence-corrected chi connectivity index (χ4v) is 1.65. The quantitative estimate of drug-likeness (QED) is 0.514. The summed E-state index contributed by atoms with van der Waals surface area (Å²) < 4.78 is 5.22. The zero-order valence-corrected chi connectivity index (χ0v) is 10.6. The maximum Gasteiger partial charge on any atom is 0.410 e. The molecule has 1 rings (SSSR count). The van der Waals surface area contributed by atoms with Crippen molar-refractivity contribution in [3.8, 4) is 0 Å². The summed E-state index contributed by atoms with van der Waals surface area (Å²) in [7, 11) is 0.